The average molecular weight is 368 g/mol. The molecule has 1 aromatic carbocycles. The average Bonchev–Trinajstić information content (AvgIpc) is 3.19. The molecule has 0 saturated carbocycles. The molecule has 0 aliphatic heterocycles. The summed E-state index contributed by atoms with van der Waals surface area (Å²) in [6.45, 7) is 11.2. The van der Waals surface area contributed by atoms with E-state index in [4.69, 9.17) is 0 Å². The molecular weight excluding hydrogens is 342 g/mol. The second-order valence-electron chi connectivity index (χ2n) is 7.28. The Morgan fingerprint density at radius 3 is 2.46 bits per heavy atom. The van der Waals surface area contributed by atoms with Gasteiger partial charge in [0.1, 0.15) is 5.82 Å². The highest BCUT2D eigenvalue weighted by atomic mass is 32.2. The maximum atomic E-state index is 4.44. The smallest absolute Gasteiger partial charge is 0.192 e. The van der Waals surface area contributed by atoms with E-state index >= 15 is 0 Å². The topological polar surface area (TPSA) is 48.5 Å². The maximum absolute atomic E-state index is 4.44. The van der Waals surface area contributed by atoms with Gasteiger partial charge in [-0.3, -0.25) is 4.57 Å². The Morgan fingerprint density at radius 2 is 1.88 bits per heavy atom. The van der Waals surface area contributed by atoms with Gasteiger partial charge >= 0.3 is 0 Å². The zero-order chi connectivity index (χ0) is 18.7. The molecule has 0 atom stereocenters. The minimum atomic E-state index is 0.135. The third kappa shape index (κ3) is 3.90. The molecule has 6 heteroatoms. The molecule has 2 aromatic heterocycles. The molecule has 0 aliphatic rings. The van der Waals surface area contributed by atoms with Crippen LogP contribution in [0.1, 0.15) is 32.2 Å². The number of nitrogens with zero attached hydrogens (tertiary/aromatic N) is 5. The number of aryl methyl sites for hydroxylation is 1. The van der Waals surface area contributed by atoms with Crippen molar-refractivity contribution in [3.05, 3.63) is 60.7 Å². The molecule has 5 nitrogen and oxygen atoms in total. The van der Waals surface area contributed by atoms with E-state index in [2.05, 4.69) is 71.4 Å². The molecule has 3 rings (SSSR count). The van der Waals surface area contributed by atoms with E-state index < -0.39 is 0 Å². The summed E-state index contributed by atoms with van der Waals surface area (Å²) < 4.78 is 4.13. The van der Waals surface area contributed by atoms with E-state index in [0.29, 0.717) is 6.54 Å². The first-order chi connectivity index (χ1) is 12.4. The second kappa shape index (κ2) is 7.50. The summed E-state index contributed by atoms with van der Waals surface area (Å²) in [7, 11) is 2.00. The van der Waals surface area contributed by atoms with Gasteiger partial charge in [0.2, 0.25) is 0 Å². The molecule has 0 fully saturated rings. The van der Waals surface area contributed by atoms with Gasteiger partial charge in [-0.15, -0.1) is 16.8 Å². The highest BCUT2D eigenvalue weighted by molar-refractivity contribution is 7.98. The molecule has 2 heterocycles. The highest BCUT2D eigenvalue weighted by Gasteiger charge is 2.17. The summed E-state index contributed by atoms with van der Waals surface area (Å²) >= 11 is 1.64. The van der Waals surface area contributed by atoms with Crippen LogP contribution < -0.4 is 0 Å². The van der Waals surface area contributed by atoms with Crippen LogP contribution in [0.5, 0.6) is 0 Å². The lowest BCUT2D eigenvalue weighted by molar-refractivity contribution is 0.590. The van der Waals surface area contributed by atoms with Gasteiger partial charge in [0.05, 0.1) is 5.75 Å². The van der Waals surface area contributed by atoms with Gasteiger partial charge in [0.25, 0.3) is 0 Å². The van der Waals surface area contributed by atoms with Crippen molar-refractivity contribution < 1.29 is 0 Å². The first-order valence-electron chi connectivity index (χ1n) is 8.64. The predicted octanol–water partition coefficient (Wildman–Crippen LogP) is 4.45. The Hall–Kier alpha value is -2.34. The summed E-state index contributed by atoms with van der Waals surface area (Å²) in [5.41, 5.74) is 2.51. The van der Waals surface area contributed by atoms with Gasteiger partial charge in [-0.2, -0.15) is 0 Å². The molecule has 0 radical (unpaired) electrons. The SMILES string of the molecule is C=CCn1c(SCc2nccn2C)nnc1-c1ccc(C(C)(C)C)cc1. The Morgan fingerprint density at radius 1 is 1.15 bits per heavy atom. The van der Waals surface area contributed by atoms with E-state index in [1.54, 1.807) is 11.8 Å². The van der Waals surface area contributed by atoms with Crippen LogP contribution in [0.15, 0.2) is 54.5 Å². The quantitative estimate of drug-likeness (QED) is 0.477. The fourth-order valence-electron chi connectivity index (χ4n) is 2.69. The van der Waals surface area contributed by atoms with Crippen molar-refractivity contribution in [2.45, 2.75) is 43.6 Å². The van der Waals surface area contributed by atoms with Crippen LogP contribution in [0.4, 0.5) is 0 Å². The Kier molecular flexibility index (Phi) is 5.32. The van der Waals surface area contributed by atoms with Crippen molar-refractivity contribution in [2.24, 2.45) is 7.05 Å². The zero-order valence-electron chi connectivity index (χ0n) is 15.8. The monoisotopic (exact) mass is 367 g/mol. The van der Waals surface area contributed by atoms with Gasteiger partial charge in [-0.1, -0.05) is 62.9 Å². The number of hydrogen-bond donors (Lipinski definition) is 0. The molecular formula is C20H25N5S. The number of imidazole rings is 1. The van der Waals surface area contributed by atoms with Gasteiger partial charge in [0, 0.05) is 31.5 Å². The van der Waals surface area contributed by atoms with Gasteiger partial charge in [-0.25, -0.2) is 4.98 Å². The van der Waals surface area contributed by atoms with Crippen molar-refractivity contribution in [1.29, 1.82) is 0 Å². The van der Waals surface area contributed by atoms with Crippen LogP contribution in [0.25, 0.3) is 11.4 Å². The van der Waals surface area contributed by atoms with Crippen molar-refractivity contribution in [1.82, 2.24) is 24.3 Å². The normalized spacial score (nSPS) is 11.7. The van der Waals surface area contributed by atoms with Crippen LogP contribution in [0.3, 0.4) is 0 Å². The number of thioether (sulfide) groups is 1. The van der Waals surface area contributed by atoms with E-state index in [1.807, 2.05) is 30.1 Å². The largest absolute Gasteiger partial charge is 0.337 e. The van der Waals surface area contributed by atoms with E-state index in [0.717, 1.165) is 28.1 Å². The van der Waals surface area contributed by atoms with Crippen LogP contribution in [-0.2, 0) is 24.8 Å². The fraction of sp³-hybridized carbons (Fsp3) is 0.350. The summed E-state index contributed by atoms with van der Waals surface area (Å²) in [5.74, 6) is 2.63. The van der Waals surface area contributed by atoms with E-state index in [9.17, 15) is 0 Å². The number of rotatable bonds is 6. The summed E-state index contributed by atoms with van der Waals surface area (Å²) in [4.78, 5) is 4.37. The summed E-state index contributed by atoms with van der Waals surface area (Å²) in [6.07, 6.45) is 5.64. The summed E-state index contributed by atoms with van der Waals surface area (Å²) in [5, 5.41) is 9.72. The molecule has 0 N–H and O–H groups in total. The Labute approximate surface area is 159 Å². The summed E-state index contributed by atoms with van der Waals surface area (Å²) in [6, 6.07) is 8.58. The third-order valence-corrected chi connectivity index (χ3v) is 5.25. The van der Waals surface area contributed by atoms with Crippen molar-refractivity contribution in [3.63, 3.8) is 0 Å². The first-order valence-corrected chi connectivity index (χ1v) is 9.62. The van der Waals surface area contributed by atoms with E-state index in [1.165, 1.54) is 5.56 Å². The predicted molar refractivity (Wildman–Crippen MR) is 107 cm³/mol. The molecule has 3 aromatic rings. The molecule has 0 aliphatic carbocycles. The Bertz CT molecular complexity index is 884. The molecule has 136 valence electrons. The number of aromatic nitrogens is 5. The Balaban J connectivity index is 1.87. The van der Waals surface area contributed by atoms with Crippen LogP contribution in [-0.4, -0.2) is 24.3 Å². The lowest BCUT2D eigenvalue weighted by atomic mass is 9.87. The minimum absolute atomic E-state index is 0.135. The molecule has 0 unspecified atom stereocenters. The highest BCUT2D eigenvalue weighted by Crippen LogP contribution is 2.28. The molecule has 0 spiro atoms. The lowest BCUT2D eigenvalue weighted by Crippen LogP contribution is -2.10. The van der Waals surface area contributed by atoms with E-state index in [-0.39, 0.29) is 5.41 Å². The molecule has 0 amide bonds. The standard InChI is InChI=1S/C20H25N5S/c1-6-12-25-18(15-7-9-16(10-8-15)20(2,3)4)22-23-19(25)26-14-17-21-11-13-24(17)5/h6-11,13H,1,12,14H2,2-5H3. The van der Waals surface area contributed by atoms with Gasteiger partial charge in [-0.05, 0) is 11.0 Å². The third-order valence-electron chi connectivity index (χ3n) is 4.29. The zero-order valence-corrected chi connectivity index (χ0v) is 16.6. The van der Waals surface area contributed by atoms with Crippen molar-refractivity contribution in [3.8, 4) is 11.4 Å². The van der Waals surface area contributed by atoms with Gasteiger partial charge in [0.15, 0.2) is 11.0 Å². The van der Waals surface area contributed by atoms with Crippen LogP contribution >= 0.6 is 11.8 Å². The fourth-order valence-corrected chi connectivity index (χ4v) is 3.64. The number of benzene rings is 1. The second-order valence-corrected chi connectivity index (χ2v) is 8.22. The molecule has 0 saturated heterocycles. The maximum Gasteiger partial charge on any atom is 0.192 e. The molecule has 0 bridgehead atoms. The van der Waals surface area contributed by atoms with Crippen LogP contribution in [0.2, 0.25) is 0 Å². The lowest BCUT2D eigenvalue weighted by Gasteiger charge is -2.19. The van der Waals surface area contributed by atoms with Gasteiger partial charge < -0.3 is 4.57 Å². The van der Waals surface area contributed by atoms with Crippen LogP contribution in [0, 0.1) is 0 Å². The number of allylic oxidation sites excluding steroid dienone is 1. The number of hydrogen-bond acceptors (Lipinski definition) is 4. The van der Waals surface area contributed by atoms with Crippen molar-refractivity contribution in [2.75, 3.05) is 0 Å². The minimum Gasteiger partial charge on any atom is -0.337 e. The first kappa shape index (κ1) is 18.5. The molecule has 26 heavy (non-hydrogen) atoms. The van der Waals surface area contributed by atoms with Crippen molar-refractivity contribution >= 4 is 11.8 Å².